The summed E-state index contributed by atoms with van der Waals surface area (Å²) in [6, 6.07) is 3.36. The van der Waals surface area contributed by atoms with Gasteiger partial charge in [0.2, 0.25) is 0 Å². The van der Waals surface area contributed by atoms with Gasteiger partial charge in [-0.2, -0.15) is 0 Å². The van der Waals surface area contributed by atoms with E-state index in [9.17, 15) is 5.11 Å². The summed E-state index contributed by atoms with van der Waals surface area (Å²) >= 11 is 6.59. The number of phenolic OH excluding ortho intramolecular Hbond substituents is 1. The summed E-state index contributed by atoms with van der Waals surface area (Å²) in [4.78, 5) is 0. The molecule has 0 spiro atoms. The van der Waals surface area contributed by atoms with Crippen molar-refractivity contribution in [1.29, 1.82) is 0 Å². The highest BCUT2D eigenvalue weighted by Gasteiger charge is 2.15. The van der Waals surface area contributed by atoms with Crippen molar-refractivity contribution in [1.82, 2.24) is 0 Å². The van der Waals surface area contributed by atoms with E-state index in [1.165, 1.54) is 0 Å². The molecule has 0 saturated heterocycles. The molecule has 0 amide bonds. The van der Waals surface area contributed by atoms with Gasteiger partial charge < -0.3 is 16.6 Å². The van der Waals surface area contributed by atoms with E-state index in [2.05, 4.69) is 31.9 Å². The van der Waals surface area contributed by atoms with Crippen LogP contribution in [0, 0.1) is 0 Å². The SMILES string of the molecule is Cl.NCC[C@H](N)c1c(Br)ccc(Br)c1O. The van der Waals surface area contributed by atoms with Gasteiger partial charge in [-0.25, -0.2) is 0 Å². The van der Waals surface area contributed by atoms with E-state index >= 15 is 0 Å². The Kier molecular flexibility index (Phi) is 6.79. The molecule has 15 heavy (non-hydrogen) atoms. The summed E-state index contributed by atoms with van der Waals surface area (Å²) in [7, 11) is 0. The first kappa shape index (κ1) is 15.2. The lowest BCUT2D eigenvalue weighted by molar-refractivity contribution is 0.455. The topological polar surface area (TPSA) is 72.3 Å². The van der Waals surface area contributed by atoms with Gasteiger partial charge in [0.1, 0.15) is 5.75 Å². The van der Waals surface area contributed by atoms with E-state index in [1.807, 2.05) is 6.07 Å². The highest BCUT2D eigenvalue weighted by molar-refractivity contribution is 9.11. The Hall–Kier alpha value is 0.190. The Morgan fingerprint density at radius 2 is 1.80 bits per heavy atom. The molecule has 0 aliphatic rings. The van der Waals surface area contributed by atoms with E-state index < -0.39 is 0 Å². The van der Waals surface area contributed by atoms with Crippen LogP contribution >= 0.6 is 44.3 Å². The van der Waals surface area contributed by atoms with Crippen LogP contribution in [-0.2, 0) is 0 Å². The zero-order chi connectivity index (χ0) is 10.7. The molecule has 0 aliphatic carbocycles. The van der Waals surface area contributed by atoms with Crippen molar-refractivity contribution in [3.8, 4) is 5.75 Å². The lowest BCUT2D eigenvalue weighted by Gasteiger charge is -2.15. The van der Waals surface area contributed by atoms with Gasteiger partial charge >= 0.3 is 0 Å². The molecule has 1 atom stereocenters. The maximum Gasteiger partial charge on any atom is 0.135 e. The molecule has 3 nitrogen and oxygen atoms in total. The fourth-order valence-electron chi connectivity index (χ4n) is 1.23. The Morgan fingerprint density at radius 1 is 1.27 bits per heavy atom. The highest BCUT2D eigenvalue weighted by atomic mass is 79.9. The van der Waals surface area contributed by atoms with Crippen molar-refractivity contribution in [2.24, 2.45) is 11.5 Å². The third-order valence-electron chi connectivity index (χ3n) is 1.96. The summed E-state index contributed by atoms with van der Waals surface area (Å²) in [5.41, 5.74) is 12.0. The first-order valence-corrected chi connectivity index (χ1v) is 5.79. The van der Waals surface area contributed by atoms with E-state index in [1.54, 1.807) is 6.07 Å². The van der Waals surface area contributed by atoms with Crippen LogP contribution in [0.3, 0.4) is 0 Å². The number of hydrogen-bond donors (Lipinski definition) is 3. The van der Waals surface area contributed by atoms with Gasteiger partial charge in [-0.3, -0.25) is 0 Å². The minimum absolute atomic E-state index is 0. The lowest BCUT2D eigenvalue weighted by atomic mass is 10.0. The van der Waals surface area contributed by atoms with Crippen LogP contribution in [0.25, 0.3) is 0 Å². The van der Waals surface area contributed by atoms with Crippen LogP contribution in [0.5, 0.6) is 5.75 Å². The minimum atomic E-state index is -0.244. The molecule has 0 bridgehead atoms. The van der Waals surface area contributed by atoms with Crippen LogP contribution in [0.1, 0.15) is 18.0 Å². The molecule has 1 rings (SSSR count). The third-order valence-corrected chi connectivity index (χ3v) is 3.29. The molecule has 0 fully saturated rings. The number of hydrogen-bond acceptors (Lipinski definition) is 3. The first-order valence-electron chi connectivity index (χ1n) is 4.20. The number of aromatic hydroxyl groups is 1. The van der Waals surface area contributed by atoms with Crippen LogP contribution in [-0.4, -0.2) is 11.7 Å². The van der Waals surface area contributed by atoms with Crippen molar-refractivity contribution in [3.05, 3.63) is 26.6 Å². The summed E-state index contributed by atoms with van der Waals surface area (Å²) < 4.78 is 1.45. The molecular formula is C9H13Br2ClN2O. The molecule has 0 unspecified atom stereocenters. The Balaban J connectivity index is 0.00000196. The van der Waals surface area contributed by atoms with Gasteiger partial charge in [0.15, 0.2) is 0 Å². The number of halogens is 3. The van der Waals surface area contributed by atoms with Crippen molar-refractivity contribution >= 4 is 44.3 Å². The zero-order valence-corrected chi connectivity index (χ0v) is 11.9. The molecule has 0 heterocycles. The van der Waals surface area contributed by atoms with Crippen LogP contribution in [0.2, 0.25) is 0 Å². The van der Waals surface area contributed by atoms with E-state index in [4.69, 9.17) is 11.5 Å². The minimum Gasteiger partial charge on any atom is -0.506 e. The third kappa shape index (κ3) is 3.60. The van der Waals surface area contributed by atoms with Gasteiger partial charge in [0, 0.05) is 16.1 Å². The lowest BCUT2D eigenvalue weighted by Crippen LogP contribution is -2.16. The van der Waals surface area contributed by atoms with E-state index in [0.717, 1.165) is 4.47 Å². The summed E-state index contributed by atoms with van der Waals surface area (Å²) in [6.07, 6.45) is 0.641. The molecule has 6 heteroatoms. The molecule has 86 valence electrons. The number of phenols is 1. The smallest absolute Gasteiger partial charge is 0.135 e. The summed E-state index contributed by atoms with van der Waals surface area (Å²) in [5, 5.41) is 9.78. The predicted octanol–water partition coefficient (Wildman–Crippen LogP) is 2.69. The van der Waals surface area contributed by atoms with Crippen LogP contribution < -0.4 is 11.5 Å². The van der Waals surface area contributed by atoms with Gasteiger partial charge in [0.05, 0.1) is 4.47 Å². The normalized spacial score (nSPS) is 12.0. The van der Waals surface area contributed by atoms with Crippen molar-refractivity contribution in [3.63, 3.8) is 0 Å². The Morgan fingerprint density at radius 3 is 2.33 bits per heavy atom. The molecule has 0 radical (unpaired) electrons. The maximum atomic E-state index is 9.78. The van der Waals surface area contributed by atoms with Gasteiger partial charge in [-0.05, 0) is 41.0 Å². The molecule has 5 N–H and O–H groups in total. The van der Waals surface area contributed by atoms with Gasteiger partial charge in [-0.1, -0.05) is 15.9 Å². The molecule has 1 aromatic rings. The van der Waals surface area contributed by atoms with Gasteiger partial charge in [-0.15, -0.1) is 12.4 Å². The quantitative estimate of drug-likeness (QED) is 0.776. The maximum absolute atomic E-state index is 9.78. The Bertz CT molecular complexity index is 336. The molecule has 0 aromatic heterocycles. The fourth-order valence-corrected chi connectivity index (χ4v) is 2.19. The predicted molar refractivity (Wildman–Crippen MR) is 71.4 cm³/mol. The van der Waals surface area contributed by atoms with Crippen LogP contribution in [0.4, 0.5) is 0 Å². The molecular weight excluding hydrogens is 347 g/mol. The zero-order valence-electron chi connectivity index (χ0n) is 7.91. The average Bonchev–Trinajstić information content (AvgIpc) is 2.13. The summed E-state index contributed by atoms with van der Waals surface area (Å²) in [6.45, 7) is 0.500. The van der Waals surface area contributed by atoms with Crippen molar-refractivity contribution < 1.29 is 5.11 Å². The highest BCUT2D eigenvalue weighted by Crippen LogP contribution is 2.37. The van der Waals surface area contributed by atoms with Crippen LogP contribution in [0.15, 0.2) is 21.1 Å². The largest absolute Gasteiger partial charge is 0.506 e. The summed E-state index contributed by atoms with van der Waals surface area (Å²) in [5.74, 6) is 0.181. The standard InChI is InChI=1S/C9H12Br2N2O.ClH/c10-5-1-2-6(11)9(14)8(5)7(13)3-4-12;/h1-2,7,14H,3-4,12-13H2;1H/t7-;/m0./s1. The van der Waals surface area contributed by atoms with Gasteiger partial charge in [0.25, 0.3) is 0 Å². The molecule has 0 saturated carbocycles. The first-order chi connectivity index (χ1) is 6.57. The fraction of sp³-hybridized carbons (Fsp3) is 0.333. The number of nitrogens with two attached hydrogens (primary N) is 2. The van der Waals surface area contributed by atoms with E-state index in [-0.39, 0.29) is 24.2 Å². The second-order valence-corrected chi connectivity index (χ2v) is 4.68. The molecule has 0 aliphatic heterocycles. The average molecular weight is 360 g/mol. The number of benzene rings is 1. The van der Waals surface area contributed by atoms with Crippen molar-refractivity contribution in [2.75, 3.05) is 6.54 Å². The second kappa shape index (κ2) is 6.70. The van der Waals surface area contributed by atoms with Crippen molar-refractivity contribution in [2.45, 2.75) is 12.5 Å². The van der Waals surface area contributed by atoms with E-state index in [0.29, 0.717) is 23.0 Å². The number of rotatable bonds is 3. The second-order valence-electron chi connectivity index (χ2n) is 2.98. The monoisotopic (exact) mass is 358 g/mol. The molecule has 1 aromatic carbocycles. The Labute approximate surface area is 112 Å².